The van der Waals surface area contributed by atoms with Crippen molar-refractivity contribution in [3.8, 4) is 0 Å². The number of anilines is 2. The van der Waals surface area contributed by atoms with Crippen molar-refractivity contribution < 1.29 is 0 Å². The molecule has 2 heterocycles. The highest BCUT2D eigenvalue weighted by molar-refractivity contribution is 7.99. The largest absolute Gasteiger partial charge is 0.338 e. The molecule has 0 spiro atoms. The van der Waals surface area contributed by atoms with Crippen LogP contribution in [0.4, 0.5) is 11.5 Å². The van der Waals surface area contributed by atoms with E-state index in [1.54, 1.807) is 11.8 Å². The third-order valence-electron chi connectivity index (χ3n) is 2.36. The van der Waals surface area contributed by atoms with Crippen molar-refractivity contribution >= 4 is 23.3 Å². The maximum absolute atomic E-state index is 4.48. The Morgan fingerprint density at radius 3 is 2.87 bits per heavy atom. The smallest absolute Gasteiger partial charge is 0.144 e. The molecule has 0 bridgehead atoms. The van der Waals surface area contributed by atoms with Crippen LogP contribution >= 0.6 is 11.8 Å². The number of benzene rings is 1. The second-order valence-electron chi connectivity index (χ2n) is 3.52. The number of hydrogen-bond acceptors (Lipinski definition) is 3. The van der Waals surface area contributed by atoms with Gasteiger partial charge in [0.25, 0.3) is 0 Å². The number of aryl methyl sites for hydroxylation is 1. The maximum Gasteiger partial charge on any atom is 0.144 e. The highest BCUT2D eigenvalue weighted by Crippen LogP contribution is 2.42. The molecule has 0 atom stereocenters. The Bertz CT molecular complexity index is 523. The van der Waals surface area contributed by atoms with Crippen LogP contribution < -0.4 is 5.32 Å². The van der Waals surface area contributed by atoms with Gasteiger partial charge >= 0.3 is 0 Å². The van der Waals surface area contributed by atoms with Crippen LogP contribution in [-0.2, 0) is 0 Å². The van der Waals surface area contributed by atoms with Crippen LogP contribution in [0.25, 0.3) is 0 Å². The van der Waals surface area contributed by atoms with Gasteiger partial charge in [-0.25, -0.2) is 4.98 Å². The van der Waals surface area contributed by atoms with Crippen LogP contribution in [0.3, 0.4) is 0 Å². The van der Waals surface area contributed by atoms with Crippen molar-refractivity contribution in [1.82, 2.24) is 4.98 Å². The van der Waals surface area contributed by atoms with Crippen molar-refractivity contribution in [2.75, 3.05) is 5.32 Å². The van der Waals surface area contributed by atoms with E-state index in [2.05, 4.69) is 34.6 Å². The molecule has 0 saturated carbocycles. The Morgan fingerprint density at radius 1 is 1.07 bits per heavy atom. The third kappa shape index (κ3) is 1.49. The minimum absolute atomic E-state index is 0.971. The number of para-hydroxylation sites is 1. The van der Waals surface area contributed by atoms with Crippen molar-refractivity contribution in [3.63, 3.8) is 0 Å². The molecule has 0 fully saturated rings. The van der Waals surface area contributed by atoms with E-state index in [1.165, 1.54) is 9.79 Å². The average molecular weight is 214 g/mol. The van der Waals surface area contributed by atoms with E-state index in [0.29, 0.717) is 0 Å². The van der Waals surface area contributed by atoms with Gasteiger partial charge in [0, 0.05) is 10.6 Å². The van der Waals surface area contributed by atoms with Gasteiger partial charge in [-0.05, 0) is 31.2 Å². The molecule has 0 saturated heterocycles. The van der Waals surface area contributed by atoms with E-state index in [9.17, 15) is 0 Å². The summed E-state index contributed by atoms with van der Waals surface area (Å²) in [6.45, 7) is 2.01. The molecule has 1 aromatic carbocycles. The molecule has 2 nitrogen and oxygen atoms in total. The summed E-state index contributed by atoms with van der Waals surface area (Å²) in [6.07, 6.45) is 0. The van der Waals surface area contributed by atoms with Gasteiger partial charge in [-0.2, -0.15) is 0 Å². The van der Waals surface area contributed by atoms with Crippen LogP contribution in [0.1, 0.15) is 5.69 Å². The van der Waals surface area contributed by atoms with E-state index in [1.807, 2.05) is 19.1 Å². The topological polar surface area (TPSA) is 24.9 Å². The molecule has 15 heavy (non-hydrogen) atoms. The van der Waals surface area contributed by atoms with Gasteiger partial charge in [0.1, 0.15) is 5.82 Å². The fraction of sp³-hybridized carbons (Fsp3) is 0.0833. The van der Waals surface area contributed by atoms with Crippen LogP contribution in [0.5, 0.6) is 0 Å². The summed E-state index contributed by atoms with van der Waals surface area (Å²) in [4.78, 5) is 6.93. The Kier molecular flexibility index (Phi) is 1.92. The molecule has 0 aliphatic carbocycles. The average Bonchev–Trinajstić information content (AvgIpc) is 2.26. The summed E-state index contributed by atoms with van der Waals surface area (Å²) in [5, 5.41) is 3.35. The first kappa shape index (κ1) is 8.80. The summed E-state index contributed by atoms with van der Waals surface area (Å²) in [5.41, 5.74) is 2.19. The number of rotatable bonds is 0. The van der Waals surface area contributed by atoms with Crippen LogP contribution in [0.2, 0.25) is 0 Å². The van der Waals surface area contributed by atoms with E-state index in [-0.39, 0.29) is 0 Å². The Labute approximate surface area is 92.7 Å². The first-order chi connectivity index (χ1) is 7.33. The minimum Gasteiger partial charge on any atom is -0.338 e. The van der Waals surface area contributed by atoms with Crippen LogP contribution in [-0.4, -0.2) is 4.98 Å². The minimum atomic E-state index is 0.971. The van der Waals surface area contributed by atoms with Gasteiger partial charge in [0.2, 0.25) is 0 Å². The summed E-state index contributed by atoms with van der Waals surface area (Å²) >= 11 is 1.77. The molecule has 2 aromatic rings. The van der Waals surface area contributed by atoms with E-state index >= 15 is 0 Å². The predicted molar refractivity (Wildman–Crippen MR) is 62.8 cm³/mol. The monoisotopic (exact) mass is 214 g/mol. The molecule has 0 unspecified atom stereocenters. The fourth-order valence-corrected chi connectivity index (χ4v) is 2.56. The zero-order valence-electron chi connectivity index (χ0n) is 8.32. The zero-order valence-corrected chi connectivity index (χ0v) is 9.14. The maximum atomic E-state index is 4.48. The molecular formula is C12H10N2S. The molecule has 74 valence electrons. The second kappa shape index (κ2) is 3.28. The van der Waals surface area contributed by atoms with E-state index < -0.39 is 0 Å². The highest BCUT2D eigenvalue weighted by atomic mass is 32.2. The van der Waals surface area contributed by atoms with Gasteiger partial charge in [-0.3, -0.25) is 0 Å². The normalized spacial score (nSPS) is 12.6. The number of aromatic nitrogens is 1. The number of hydrogen-bond donors (Lipinski definition) is 1. The Hall–Kier alpha value is -1.48. The standard InChI is InChI=1S/C12H10N2S/c1-8-6-7-11-12(13-8)14-9-4-2-3-5-10(9)15-11/h2-7H,1H3,(H,13,14). The molecule has 1 aliphatic rings. The lowest BCUT2D eigenvalue weighted by Gasteiger charge is -2.19. The number of nitrogens with one attached hydrogen (secondary N) is 1. The summed E-state index contributed by atoms with van der Waals surface area (Å²) in [5.74, 6) is 0.971. The molecule has 1 aromatic heterocycles. The lowest BCUT2D eigenvalue weighted by Crippen LogP contribution is -2.02. The first-order valence-electron chi connectivity index (χ1n) is 4.84. The number of nitrogens with zero attached hydrogens (tertiary/aromatic N) is 1. The second-order valence-corrected chi connectivity index (χ2v) is 4.61. The summed E-state index contributed by atoms with van der Waals surface area (Å²) in [7, 11) is 0. The Balaban J connectivity index is 2.11. The van der Waals surface area contributed by atoms with Gasteiger partial charge in [0.15, 0.2) is 0 Å². The SMILES string of the molecule is Cc1ccc2c(n1)Nc1ccccc1S2. The summed E-state index contributed by atoms with van der Waals surface area (Å²) in [6, 6.07) is 12.4. The molecule has 1 N–H and O–H groups in total. The summed E-state index contributed by atoms with van der Waals surface area (Å²) < 4.78 is 0. The lowest BCUT2D eigenvalue weighted by molar-refractivity contribution is 1.13. The van der Waals surface area contributed by atoms with Crippen molar-refractivity contribution in [2.24, 2.45) is 0 Å². The van der Waals surface area contributed by atoms with Gasteiger partial charge < -0.3 is 5.32 Å². The van der Waals surface area contributed by atoms with Crippen molar-refractivity contribution in [3.05, 3.63) is 42.1 Å². The highest BCUT2D eigenvalue weighted by Gasteiger charge is 2.15. The van der Waals surface area contributed by atoms with Crippen molar-refractivity contribution in [1.29, 1.82) is 0 Å². The quantitative estimate of drug-likeness (QED) is 0.619. The first-order valence-corrected chi connectivity index (χ1v) is 5.66. The molecule has 0 radical (unpaired) electrons. The van der Waals surface area contributed by atoms with Crippen molar-refractivity contribution in [2.45, 2.75) is 16.7 Å². The van der Waals surface area contributed by atoms with Crippen LogP contribution in [0, 0.1) is 6.92 Å². The lowest BCUT2D eigenvalue weighted by atomic mass is 10.3. The zero-order chi connectivity index (χ0) is 10.3. The molecule has 3 heteroatoms. The number of fused-ring (bicyclic) bond motifs is 2. The Morgan fingerprint density at radius 2 is 1.93 bits per heavy atom. The van der Waals surface area contributed by atoms with Crippen LogP contribution in [0.15, 0.2) is 46.2 Å². The number of pyridine rings is 1. The molecule has 3 rings (SSSR count). The fourth-order valence-electron chi connectivity index (χ4n) is 1.62. The van der Waals surface area contributed by atoms with Gasteiger partial charge in [-0.15, -0.1) is 0 Å². The van der Waals surface area contributed by atoms with E-state index in [0.717, 1.165) is 17.2 Å². The van der Waals surface area contributed by atoms with Gasteiger partial charge in [0.05, 0.1) is 10.6 Å². The molecular weight excluding hydrogens is 204 g/mol. The molecule has 1 aliphatic heterocycles. The van der Waals surface area contributed by atoms with E-state index in [4.69, 9.17) is 0 Å². The van der Waals surface area contributed by atoms with Gasteiger partial charge in [-0.1, -0.05) is 23.9 Å². The predicted octanol–water partition coefficient (Wildman–Crippen LogP) is 3.60. The third-order valence-corrected chi connectivity index (χ3v) is 3.48. The molecule has 0 amide bonds.